The molecule has 0 N–H and O–H groups in total. The maximum Gasteiger partial charge on any atom is 0.416 e. The number of rotatable bonds is 3. The normalized spacial score (nSPS) is 17.4. The van der Waals surface area contributed by atoms with Crippen LogP contribution in [0.1, 0.15) is 37.1 Å². The van der Waals surface area contributed by atoms with Crippen molar-refractivity contribution in [3.63, 3.8) is 0 Å². The number of aromatic nitrogens is 2. The molecule has 2 aromatic rings. The van der Waals surface area contributed by atoms with E-state index in [4.69, 9.17) is 9.15 Å². The van der Waals surface area contributed by atoms with Gasteiger partial charge in [-0.1, -0.05) is 0 Å². The van der Waals surface area contributed by atoms with Crippen LogP contribution in [0.2, 0.25) is 0 Å². The summed E-state index contributed by atoms with van der Waals surface area (Å²) < 4.78 is 48.3. The van der Waals surface area contributed by atoms with Gasteiger partial charge < -0.3 is 14.1 Å². The second-order valence-electron chi connectivity index (χ2n) is 6.33. The predicted octanol–water partition coefficient (Wildman–Crippen LogP) is 3.02. The maximum absolute atomic E-state index is 12.7. The third kappa shape index (κ3) is 4.32. The van der Waals surface area contributed by atoms with E-state index in [1.807, 2.05) is 0 Å². The molecule has 150 valence electrons. The molecule has 1 fully saturated rings. The first-order valence-corrected chi connectivity index (χ1v) is 8.76. The van der Waals surface area contributed by atoms with Gasteiger partial charge in [0.2, 0.25) is 11.8 Å². The molecule has 1 saturated heterocycles. The summed E-state index contributed by atoms with van der Waals surface area (Å²) in [4.78, 5) is 25.1. The summed E-state index contributed by atoms with van der Waals surface area (Å²) in [5.74, 6) is -1.51. The molecule has 3 rings (SSSR count). The van der Waals surface area contributed by atoms with Gasteiger partial charge in [0.1, 0.15) is 0 Å². The van der Waals surface area contributed by atoms with Crippen molar-refractivity contribution in [1.29, 1.82) is 0 Å². The summed E-state index contributed by atoms with van der Waals surface area (Å²) in [5, 5.41) is 7.86. The van der Waals surface area contributed by atoms with E-state index in [0.717, 1.165) is 12.1 Å². The van der Waals surface area contributed by atoms with Crippen LogP contribution >= 0.6 is 0 Å². The van der Waals surface area contributed by atoms with Crippen molar-refractivity contribution in [3.05, 3.63) is 35.7 Å². The van der Waals surface area contributed by atoms with Crippen molar-refractivity contribution in [2.45, 2.75) is 31.9 Å². The Morgan fingerprint density at radius 2 is 1.96 bits per heavy atom. The average molecular weight is 397 g/mol. The lowest BCUT2D eigenvalue weighted by Crippen LogP contribution is -2.43. The predicted molar refractivity (Wildman–Crippen MR) is 89.9 cm³/mol. The number of amides is 1. The highest BCUT2D eigenvalue weighted by atomic mass is 19.4. The number of carbonyl (C=O) groups is 2. The molecule has 28 heavy (non-hydrogen) atoms. The fraction of sp³-hybridized carbons (Fsp3) is 0.444. The van der Waals surface area contributed by atoms with Crippen LogP contribution in [0.4, 0.5) is 13.2 Å². The highest BCUT2D eigenvalue weighted by molar-refractivity contribution is 6.32. The molecule has 7 nitrogen and oxygen atoms in total. The number of hydrogen-bond donors (Lipinski definition) is 0. The summed E-state index contributed by atoms with van der Waals surface area (Å²) in [6.45, 7) is 2.38. The number of nitrogens with zero attached hydrogens (tertiary/aromatic N) is 3. The van der Waals surface area contributed by atoms with E-state index in [-0.39, 0.29) is 30.9 Å². The molecule has 1 aliphatic rings. The topological polar surface area (TPSA) is 85.5 Å². The molecule has 1 unspecified atom stereocenters. The third-order valence-electron chi connectivity index (χ3n) is 4.41. The van der Waals surface area contributed by atoms with Crippen molar-refractivity contribution in [1.82, 2.24) is 15.1 Å². The Labute approximate surface area is 158 Å². The molecular formula is C18H18F3N3O4. The number of halogens is 3. The molecule has 0 aliphatic carbocycles. The summed E-state index contributed by atoms with van der Waals surface area (Å²) in [5.41, 5.74) is -0.404. The van der Waals surface area contributed by atoms with Gasteiger partial charge in [0.05, 0.1) is 18.1 Å². The largest absolute Gasteiger partial charge is 0.459 e. The van der Waals surface area contributed by atoms with Crippen molar-refractivity contribution < 1.29 is 31.9 Å². The second kappa shape index (κ2) is 7.99. The average Bonchev–Trinajstić information content (AvgIpc) is 3.17. The molecule has 0 bridgehead atoms. The number of ether oxygens (including phenoxy) is 1. The lowest BCUT2D eigenvalue weighted by atomic mass is 9.98. The van der Waals surface area contributed by atoms with Crippen LogP contribution < -0.4 is 0 Å². The molecule has 0 spiro atoms. The summed E-state index contributed by atoms with van der Waals surface area (Å²) >= 11 is 0. The van der Waals surface area contributed by atoms with Crippen LogP contribution in [0.3, 0.4) is 0 Å². The number of hydrogen-bond acceptors (Lipinski definition) is 6. The van der Waals surface area contributed by atoms with Gasteiger partial charge in [-0.3, -0.25) is 4.79 Å². The number of carbonyl (C=O) groups excluding carboxylic acids is 2. The standard InChI is InChI=1S/C18H18F3N3O4/c1-2-27-17(26)16(25)24-9-3-4-12(10-24)15-23-22-14(28-15)11-5-7-13(8-6-11)18(19,20)21/h5-8,12H,2-4,9-10H2,1H3. The second-order valence-corrected chi connectivity index (χ2v) is 6.33. The zero-order valence-corrected chi connectivity index (χ0v) is 15.0. The van der Waals surface area contributed by atoms with Crippen molar-refractivity contribution in [2.75, 3.05) is 19.7 Å². The zero-order chi connectivity index (χ0) is 20.3. The van der Waals surface area contributed by atoms with Crippen LogP contribution in [-0.4, -0.2) is 46.7 Å². The molecule has 1 atom stereocenters. The Bertz CT molecular complexity index is 849. The maximum atomic E-state index is 12.7. The molecule has 10 heteroatoms. The van der Waals surface area contributed by atoms with Gasteiger partial charge in [0, 0.05) is 18.7 Å². The Kier molecular flexibility index (Phi) is 5.66. The summed E-state index contributed by atoms with van der Waals surface area (Å²) in [7, 11) is 0. The first-order chi connectivity index (χ1) is 13.3. The zero-order valence-electron chi connectivity index (χ0n) is 15.0. The number of esters is 1. The minimum absolute atomic E-state index is 0.0950. The molecule has 1 aromatic heterocycles. The number of benzene rings is 1. The van der Waals surface area contributed by atoms with Crippen LogP contribution in [0.5, 0.6) is 0 Å². The lowest BCUT2D eigenvalue weighted by Gasteiger charge is -2.30. The summed E-state index contributed by atoms with van der Waals surface area (Å²) in [6, 6.07) is 4.41. The van der Waals surface area contributed by atoms with E-state index in [1.54, 1.807) is 6.92 Å². The van der Waals surface area contributed by atoms with Crippen LogP contribution in [0, 0.1) is 0 Å². The number of alkyl halides is 3. The van der Waals surface area contributed by atoms with Gasteiger partial charge in [0.15, 0.2) is 0 Å². The van der Waals surface area contributed by atoms with Crippen LogP contribution in [-0.2, 0) is 20.5 Å². The van der Waals surface area contributed by atoms with E-state index in [1.165, 1.54) is 17.0 Å². The van der Waals surface area contributed by atoms with E-state index in [0.29, 0.717) is 24.9 Å². The quantitative estimate of drug-likeness (QED) is 0.585. The van der Waals surface area contributed by atoms with Crippen molar-refractivity contribution in [2.24, 2.45) is 0 Å². The fourth-order valence-corrected chi connectivity index (χ4v) is 3.00. The minimum atomic E-state index is -4.42. The van der Waals surface area contributed by atoms with Gasteiger partial charge in [-0.2, -0.15) is 13.2 Å². The molecule has 2 heterocycles. The molecule has 0 radical (unpaired) electrons. The van der Waals surface area contributed by atoms with Crippen molar-refractivity contribution in [3.8, 4) is 11.5 Å². The third-order valence-corrected chi connectivity index (χ3v) is 4.41. The van der Waals surface area contributed by atoms with E-state index in [2.05, 4.69) is 10.2 Å². The van der Waals surface area contributed by atoms with E-state index < -0.39 is 23.6 Å². The highest BCUT2D eigenvalue weighted by Gasteiger charge is 2.32. The fourth-order valence-electron chi connectivity index (χ4n) is 3.00. The Hall–Kier alpha value is -2.91. The molecule has 1 aromatic carbocycles. The van der Waals surface area contributed by atoms with Gasteiger partial charge in [-0.25, -0.2) is 4.79 Å². The smallest absolute Gasteiger partial charge is 0.416 e. The minimum Gasteiger partial charge on any atom is -0.459 e. The van der Waals surface area contributed by atoms with E-state index >= 15 is 0 Å². The highest BCUT2D eigenvalue weighted by Crippen LogP contribution is 2.32. The van der Waals surface area contributed by atoms with Crippen LogP contribution in [0.25, 0.3) is 11.5 Å². The molecule has 0 saturated carbocycles. The molecule has 1 amide bonds. The number of piperidine rings is 1. The Morgan fingerprint density at radius 1 is 1.25 bits per heavy atom. The SMILES string of the molecule is CCOC(=O)C(=O)N1CCCC(c2nnc(-c3ccc(C(F)(F)F)cc3)o2)C1. The monoisotopic (exact) mass is 397 g/mol. The Balaban J connectivity index is 1.71. The first kappa shape index (κ1) is 19.8. The van der Waals surface area contributed by atoms with Gasteiger partial charge in [-0.15, -0.1) is 10.2 Å². The molecular weight excluding hydrogens is 379 g/mol. The summed E-state index contributed by atoms with van der Waals surface area (Å²) in [6.07, 6.45) is -3.09. The van der Waals surface area contributed by atoms with Crippen LogP contribution in [0.15, 0.2) is 28.7 Å². The van der Waals surface area contributed by atoms with Gasteiger partial charge in [-0.05, 0) is 44.0 Å². The molecule has 1 aliphatic heterocycles. The van der Waals surface area contributed by atoms with E-state index in [9.17, 15) is 22.8 Å². The van der Waals surface area contributed by atoms with Crippen molar-refractivity contribution >= 4 is 11.9 Å². The first-order valence-electron chi connectivity index (χ1n) is 8.76. The van der Waals surface area contributed by atoms with Gasteiger partial charge >= 0.3 is 18.1 Å². The Morgan fingerprint density at radius 3 is 2.61 bits per heavy atom. The number of likely N-dealkylation sites (tertiary alicyclic amines) is 1. The van der Waals surface area contributed by atoms with Gasteiger partial charge in [0.25, 0.3) is 0 Å². The lowest BCUT2D eigenvalue weighted by molar-refractivity contribution is -0.160.